The number of hydrogen-bond acceptors (Lipinski definition) is 2. The lowest BCUT2D eigenvalue weighted by Gasteiger charge is -2.26. The molecule has 0 radical (unpaired) electrons. The van der Waals surface area contributed by atoms with Crippen LogP contribution in [0.2, 0.25) is 5.02 Å². The van der Waals surface area contributed by atoms with Gasteiger partial charge in [-0.1, -0.05) is 11.6 Å². The molecule has 1 heterocycles. The van der Waals surface area contributed by atoms with E-state index in [9.17, 15) is 4.39 Å². The molecule has 19 heavy (non-hydrogen) atoms. The van der Waals surface area contributed by atoms with Gasteiger partial charge in [-0.2, -0.15) is 11.8 Å². The zero-order valence-corrected chi connectivity index (χ0v) is 12.9. The van der Waals surface area contributed by atoms with Crippen LogP contribution in [0.1, 0.15) is 24.8 Å². The quantitative estimate of drug-likeness (QED) is 0.877. The lowest BCUT2D eigenvalue weighted by atomic mass is 9.91. The minimum Gasteiger partial charge on any atom is -0.317 e. The molecule has 1 saturated heterocycles. The molecule has 106 valence electrons. The van der Waals surface area contributed by atoms with Crippen LogP contribution in [0.15, 0.2) is 18.2 Å². The monoisotopic (exact) mass is 301 g/mol. The van der Waals surface area contributed by atoms with E-state index in [1.54, 1.807) is 12.1 Å². The Bertz CT molecular complexity index is 407. The third-order valence-corrected chi connectivity index (χ3v) is 5.12. The number of rotatable bonds is 5. The Labute approximate surface area is 124 Å². The second-order valence-corrected chi connectivity index (χ2v) is 6.88. The highest BCUT2D eigenvalue weighted by atomic mass is 35.5. The first kappa shape index (κ1) is 15.1. The number of nitrogens with one attached hydrogen (secondary N) is 1. The molecule has 1 aromatic rings. The minimum atomic E-state index is -0.149. The Morgan fingerprint density at radius 2 is 2.16 bits per heavy atom. The van der Waals surface area contributed by atoms with Crippen LogP contribution in [0.25, 0.3) is 0 Å². The second kappa shape index (κ2) is 7.51. The van der Waals surface area contributed by atoms with Gasteiger partial charge in [0, 0.05) is 11.1 Å². The van der Waals surface area contributed by atoms with Crippen LogP contribution in [0.3, 0.4) is 0 Å². The molecule has 1 unspecified atom stereocenters. The maximum atomic E-state index is 13.8. The molecule has 1 fully saturated rings. The van der Waals surface area contributed by atoms with Gasteiger partial charge in [0.15, 0.2) is 0 Å². The number of likely N-dealkylation sites (N-methyl/N-ethyl adjacent to an activating group) is 1. The van der Waals surface area contributed by atoms with E-state index in [0.717, 1.165) is 17.9 Å². The van der Waals surface area contributed by atoms with Gasteiger partial charge < -0.3 is 5.32 Å². The van der Waals surface area contributed by atoms with Gasteiger partial charge in [0.05, 0.1) is 0 Å². The number of benzene rings is 1. The highest BCUT2D eigenvalue weighted by Gasteiger charge is 2.19. The molecule has 4 heteroatoms. The van der Waals surface area contributed by atoms with E-state index in [1.165, 1.54) is 30.4 Å². The molecule has 1 N–H and O–H groups in total. The molecular weight excluding hydrogens is 281 g/mol. The molecule has 1 aliphatic heterocycles. The van der Waals surface area contributed by atoms with Crippen molar-refractivity contribution in [3.05, 3.63) is 34.6 Å². The van der Waals surface area contributed by atoms with Gasteiger partial charge in [-0.3, -0.25) is 0 Å². The Hall–Kier alpha value is -0.250. The Balaban J connectivity index is 1.95. The van der Waals surface area contributed by atoms with Crippen LogP contribution in [0, 0.1) is 11.7 Å². The van der Waals surface area contributed by atoms with Crippen molar-refractivity contribution in [2.24, 2.45) is 5.92 Å². The summed E-state index contributed by atoms with van der Waals surface area (Å²) in [5, 5.41) is 3.94. The fourth-order valence-corrected chi connectivity index (χ4v) is 4.05. The maximum Gasteiger partial charge on any atom is 0.126 e. The minimum absolute atomic E-state index is 0.149. The average molecular weight is 302 g/mol. The van der Waals surface area contributed by atoms with Crippen LogP contribution in [0.4, 0.5) is 4.39 Å². The fraction of sp³-hybridized carbons (Fsp3) is 0.600. The molecule has 2 rings (SSSR count). The lowest BCUT2D eigenvalue weighted by Crippen LogP contribution is -2.31. The molecule has 1 atom stereocenters. The van der Waals surface area contributed by atoms with Gasteiger partial charge in [-0.25, -0.2) is 4.39 Å². The number of halogens is 2. The lowest BCUT2D eigenvalue weighted by molar-refractivity contribution is 0.373. The summed E-state index contributed by atoms with van der Waals surface area (Å²) < 4.78 is 13.8. The van der Waals surface area contributed by atoms with Crippen molar-refractivity contribution in [3.8, 4) is 0 Å². The molecule has 0 amide bonds. The summed E-state index contributed by atoms with van der Waals surface area (Å²) in [6.45, 7) is 0. The first-order valence-corrected chi connectivity index (χ1v) is 8.41. The maximum absolute atomic E-state index is 13.8. The van der Waals surface area contributed by atoms with Crippen molar-refractivity contribution in [2.75, 3.05) is 18.6 Å². The highest BCUT2D eigenvalue weighted by molar-refractivity contribution is 7.99. The molecule has 1 nitrogen and oxygen atoms in total. The van der Waals surface area contributed by atoms with E-state index in [1.807, 2.05) is 18.8 Å². The van der Waals surface area contributed by atoms with Crippen molar-refractivity contribution in [3.63, 3.8) is 0 Å². The van der Waals surface area contributed by atoms with Gasteiger partial charge in [0.1, 0.15) is 5.82 Å². The van der Waals surface area contributed by atoms with Gasteiger partial charge in [-0.15, -0.1) is 0 Å². The molecule has 0 spiro atoms. The molecule has 0 saturated carbocycles. The molecule has 0 aliphatic carbocycles. The number of thioether (sulfide) groups is 1. The van der Waals surface area contributed by atoms with E-state index < -0.39 is 0 Å². The zero-order chi connectivity index (χ0) is 13.7. The number of hydrogen-bond donors (Lipinski definition) is 1. The molecule has 0 bridgehead atoms. The second-order valence-electron chi connectivity index (χ2n) is 5.22. The van der Waals surface area contributed by atoms with E-state index in [2.05, 4.69) is 5.32 Å². The molecular formula is C15H21ClFNS. The van der Waals surface area contributed by atoms with Crippen molar-refractivity contribution in [1.29, 1.82) is 0 Å². The smallest absolute Gasteiger partial charge is 0.126 e. The predicted octanol–water partition coefficient (Wildman–Crippen LogP) is 4.14. The normalized spacial score (nSPS) is 18.5. The van der Waals surface area contributed by atoms with Crippen LogP contribution in [-0.4, -0.2) is 24.6 Å². The van der Waals surface area contributed by atoms with Crippen LogP contribution in [0.5, 0.6) is 0 Å². The van der Waals surface area contributed by atoms with Crippen LogP contribution >= 0.6 is 23.4 Å². The van der Waals surface area contributed by atoms with Gasteiger partial charge in [-0.05, 0) is 73.9 Å². The van der Waals surface area contributed by atoms with Crippen molar-refractivity contribution < 1.29 is 4.39 Å². The molecule has 1 aliphatic rings. The highest BCUT2D eigenvalue weighted by Crippen LogP contribution is 2.27. The van der Waals surface area contributed by atoms with Crippen molar-refractivity contribution in [2.45, 2.75) is 31.7 Å². The largest absolute Gasteiger partial charge is 0.317 e. The summed E-state index contributed by atoms with van der Waals surface area (Å²) in [6.07, 6.45) is 4.43. The predicted molar refractivity (Wildman–Crippen MR) is 82.6 cm³/mol. The van der Waals surface area contributed by atoms with Gasteiger partial charge >= 0.3 is 0 Å². The first-order valence-electron chi connectivity index (χ1n) is 6.88. The fourth-order valence-electron chi connectivity index (χ4n) is 2.65. The Morgan fingerprint density at radius 1 is 1.42 bits per heavy atom. The molecule has 0 aromatic heterocycles. The van der Waals surface area contributed by atoms with Gasteiger partial charge in [0.25, 0.3) is 0 Å². The molecule has 1 aromatic carbocycles. The summed E-state index contributed by atoms with van der Waals surface area (Å²) in [5.74, 6) is 3.17. The van der Waals surface area contributed by atoms with Crippen LogP contribution < -0.4 is 5.32 Å². The summed E-state index contributed by atoms with van der Waals surface area (Å²) in [7, 11) is 1.96. The third kappa shape index (κ3) is 4.66. The zero-order valence-electron chi connectivity index (χ0n) is 11.3. The van der Waals surface area contributed by atoms with Crippen molar-refractivity contribution >= 4 is 23.4 Å². The third-order valence-electron chi connectivity index (χ3n) is 3.84. The standard InChI is InChI=1S/C15H21ClFNS/c1-18-14(8-11-4-6-19-7-5-11)10-12-9-13(16)2-3-15(12)17/h2-3,9,11,14,18H,4-8,10H2,1H3. The van der Waals surface area contributed by atoms with E-state index in [-0.39, 0.29) is 5.82 Å². The SMILES string of the molecule is CNC(Cc1cc(Cl)ccc1F)CC1CCSCC1. The Morgan fingerprint density at radius 3 is 2.84 bits per heavy atom. The summed E-state index contributed by atoms with van der Waals surface area (Å²) in [4.78, 5) is 0. The summed E-state index contributed by atoms with van der Waals surface area (Å²) >= 11 is 7.99. The van der Waals surface area contributed by atoms with E-state index in [0.29, 0.717) is 17.5 Å². The van der Waals surface area contributed by atoms with Crippen LogP contribution in [-0.2, 0) is 6.42 Å². The van der Waals surface area contributed by atoms with Gasteiger partial charge in [0.2, 0.25) is 0 Å². The van der Waals surface area contributed by atoms with E-state index >= 15 is 0 Å². The average Bonchev–Trinajstić information content (AvgIpc) is 2.43. The topological polar surface area (TPSA) is 12.0 Å². The van der Waals surface area contributed by atoms with Crippen molar-refractivity contribution in [1.82, 2.24) is 5.32 Å². The van der Waals surface area contributed by atoms with E-state index in [4.69, 9.17) is 11.6 Å². The summed E-state index contributed by atoms with van der Waals surface area (Å²) in [6, 6.07) is 5.15. The Kier molecular flexibility index (Phi) is 5.99. The first-order chi connectivity index (χ1) is 9.19. The summed E-state index contributed by atoms with van der Waals surface area (Å²) in [5.41, 5.74) is 0.719.